The number of ether oxygens (including phenoxy) is 1. The zero-order valence-electron chi connectivity index (χ0n) is 17.0. The molecule has 2 amide bonds. The molecule has 0 aromatic heterocycles. The van der Waals surface area contributed by atoms with Gasteiger partial charge in [0.05, 0.1) is 5.92 Å². The molecule has 158 valence electrons. The number of rotatable bonds is 6. The highest BCUT2D eigenvalue weighted by Gasteiger charge is 2.22. The van der Waals surface area contributed by atoms with Gasteiger partial charge in [0, 0.05) is 0 Å². The predicted molar refractivity (Wildman–Crippen MR) is 123 cm³/mol. The van der Waals surface area contributed by atoms with E-state index >= 15 is 0 Å². The Balaban J connectivity index is 1.54. The van der Waals surface area contributed by atoms with E-state index in [4.69, 9.17) is 17.0 Å². The summed E-state index contributed by atoms with van der Waals surface area (Å²) in [6.07, 6.45) is 0. The van der Waals surface area contributed by atoms with Crippen LogP contribution < -0.4 is 20.9 Å². The molecule has 0 saturated heterocycles. The molecule has 3 N–H and O–H groups in total. The van der Waals surface area contributed by atoms with Crippen LogP contribution in [0.15, 0.2) is 84.9 Å². The van der Waals surface area contributed by atoms with Crippen LogP contribution in [0.3, 0.4) is 0 Å². The van der Waals surface area contributed by atoms with Crippen LogP contribution in [0.4, 0.5) is 0 Å². The summed E-state index contributed by atoms with van der Waals surface area (Å²) in [5.41, 5.74) is 7.88. The van der Waals surface area contributed by atoms with Crippen LogP contribution in [0.25, 0.3) is 0 Å². The minimum Gasteiger partial charge on any atom is -0.484 e. The highest BCUT2D eigenvalue weighted by Crippen LogP contribution is 2.24. The van der Waals surface area contributed by atoms with Crippen molar-refractivity contribution in [3.63, 3.8) is 0 Å². The number of nitrogens with one attached hydrogen (secondary N) is 3. The number of hydrogen-bond acceptors (Lipinski definition) is 4. The van der Waals surface area contributed by atoms with Crippen molar-refractivity contribution in [3.05, 3.63) is 102 Å². The molecule has 0 spiro atoms. The van der Waals surface area contributed by atoms with Gasteiger partial charge in [-0.05, 0) is 48.0 Å². The third kappa shape index (κ3) is 6.65. The number of hydrazine groups is 1. The first-order chi connectivity index (χ1) is 15.0. The molecule has 3 aromatic rings. The number of thiocarbonyl (C=S) groups is 1. The average Bonchev–Trinajstić information content (AvgIpc) is 2.78. The number of carbonyl (C=O) groups excluding carboxylic acids is 2. The molecule has 0 bridgehead atoms. The second-order valence-corrected chi connectivity index (χ2v) is 7.26. The predicted octanol–water partition coefficient (Wildman–Crippen LogP) is 3.23. The first-order valence-electron chi connectivity index (χ1n) is 9.72. The number of benzene rings is 3. The first-order valence-corrected chi connectivity index (χ1v) is 10.1. The van der Waals surface area contributed by atoms with Gasteiger partial charge in [-0.25, -0.2) is 0 Å². The minimum absolute atomic E-state index is 0.0222. The summed E-state index contributed by atoms with van der Waals surface area (Å²) in [5, 5.41) is 2.46. The zero-order chi connectivity index (χ0) is 22.1. The number of aryl methyl sites for hydroxylation is 1. The van der Waals surface area contributed by atoms with E-state index in [1.165, 1.54) is 0 Å². The lowest BCUT2D eigenvalue weighted by atomic mass is 9.91. The molecular formula is C24H23N3O3S. The van der Waals surface area contributed by atoms with Gasteiger partial charge in [-0.15, -0.1) is 0 Å². The summed E-state index contributed by atoms with van der Waals surface area (Å²) in [7, 11) is 0. The van der Waals surface area contributed by atoms with Crippen molar-refractivity contribution in [1.82, 2.24) is 16.2 Å². The molecule has 7 heteroatoms. The molecule has 0 unspecified atom stereocenters. The Morgan fingerprint density at radius 2 is 1.48 bits per heavy atom. The summed E-state index contributed by atoms with van der Waals surface area (Å²) in [5.74, 6) is -0.671. The topological polar surface area (TPSA) is 79.5 Å². The molecule has 0 heterocycles. The smallest absolute Gasteiger partial charge is 0.264 e. The molecule has 0 aliphatic carbocycles. The van der Waals surface area contributed by atoms with Crippen LogP contribution in [0.1, 0.15) is 22.6 Å². The van der Waals surface area contributed by atoms with Gasteiger partial charge in [-0.2, -0.15) is 0 Å². The zero-order valence-corrected chi connectivity index (χ0v) is 17.8. The summed E-state index contributed by atoms with van der Waals surface area (Å²) in [6.45, 7) is 1.74. The van der Waals surface area contributed by atoms with Gasteiger partial charge in [-0.1, -0.05) is 72.8 Å². The number of amides is 2. The van der Waals surface area contributed by atoms with Crippen LogP contribution in [0.5, 0.6) is 5.75 Å². The highest BCUT2D eigenvalue weighted by atomic mass is 32.1. The summed E-state index contributed by atoms with van der Waals surface area (Å²) >= 11 is 5.11. The van der Waals surface area contributed by atoms with E-state index in [1.54, 1.807) is 6.07 Å². The Bertz CT molecular complexity index is 1000. The Morgan fingerprint density at radius 1 is 0.871 bits per heavy atom. The van der Waals surface area contributed by atoms with Gasteiger partial charge in [0.1, 0.15) is 5.75 Å². The monoisotopic (exact) mass is 433 g/mol. The second kappa shape index (κ2) is 10.9. The third-order valence-corrected chi connectivity index (χ3v) is 4.64. The second-order valence-electron chi connectivity index (χ2n) is 6.85. The van der Waals surface area contributed by atoms with Gasteiger partial charge in [0.25, 0.3) is 5.91 Å². The standard InChI is InChI=1S/C24H23N3O3S/c1-17-9-8-14-20(15-17)30-16-21(28)25-24(31)27-26-23(29)22(18-10-4-2-5-11-18)19-12-6-3-7-13-19/h2-15,22H,16H2,1H3,(H,26,29)(H2,25,27,28,31). The lowest BCUT2D eigenvalue weighted by molar-refractivity contribution is -0.123. The average molecular weight is 434 g/mol. The van der Waals surface area contributed by atoms with Crippen molar-refractivity contribution >= 4 is 29.1 Å². The van der Waals surface area contributed by atoms with E-state index in [-0.39, 0.29) is 17.6 Å². The molecule has 0 fully saturated rings. The number of carbonyl (C=O) groups is 2. The lowest BCUT2D eigenvalue weighted by Gasteiger charge is -2.19. The Kier molecular flexibility index (Phi) is 7.73. The molecular weight excluding hydrogens is 410 g/mol. The van der Waals surface area contributed by atoms with Crippen molar-refractivity contribution in [1.29, 1.82) is 0 Å². The Labute approximate surface area is 186 Å². The van der Waals surface area contributed by atoms with Gasteiger partial charge in [0.2, 0.25) is 5.91 Å². The van der Waals surface area contributed by atoms with Crippen molar-refractivity contribution in [2.45, 2.75) is 12.8 Å². The van der Waals surface area contributed by atoms with Crippen LogP contribution >= 0.6 is 12.2 Å². The third-order valence-electron chi connectivity index (χ3n) is 4.44. The van der Waals surface area contributed by atoms with Gasteiger partial charge in [0.15, 0.2) is 11.7 Å². The largest absolute Gasteiger partial charge is 0.484 e. The van der Waals surface area contributed by atoms with Crippen LogP contribution in [-0.4, -0.2) is 23.5 Å². The lowest BCUT2D eigenvalue weighted by Crippen LogP contribution is -2.50. The van der Waals surface area contributed by atoms with E-state index in [1.807, 2.05) is 85.8 Å². The van der Waals surface area contributed by atoms with Crippen LogP contribution in [0, 0.1) is 6.92 Å². The van der Waals surface area contributed by atoms with E-state index in [0.717, 1.165) is 16.7 Å². The molecule has 0 radical (unpaired) electrons. The van der Waals surface area contributed by atoms with Crippen molar-refractivity contribution in [3.8, 4) is 5.75 Å². The van der Waals surface area contributed by atoms with Crippen LogP contribution in [0.2, 0.25) is 0 Å². The van der Waals surface area contributed by atoms with Crippen molar-refractivity contribution in [2.24, 2.45) is 0 Å². The summed E-state index contributed by atoms with van der Waals surface area (Å²) in [6, 6.07) is 26.2. The van der Waals surface area contributed by atoms with E-state index in [2.05, 4.69) is 16.2 Å². The molecule has 0 aliphatic heterocycles. The highest BCUT2D eigenvalue weighted by molar-refractivity contribution is 7.80. The molecule has 3 rings (SSSR count). The maximum Gasteiger partial charge on any atom is 0.264 e. The Morgan fingerprint density at radius 3 is 2.06 bits per heavy atom. The molecule has 0 aliphatic rings. The molecule has 3 aromatic carbocycles. The molecule has 0 atom stereocenters. The molecule has 31 heavy (non-hydrogen) atoms. The fourth-order valence-corrected chi connectivity index (χ4v) is 3.19. The molecule has 6 nitrogen and oxygen atoms in total. The fraction of sp³-hybridized carbons (Fsp3) is 0.125. The van der Waals surface area contributed by atoms with Gasteiger partial charge < -0.3 is 4.74 Å². The van der Waals surface area contributed by atoms with Crippen LogP contribution in [-0.2, 0) is 9.59 Å². The first kappa shape index (κ1) is 22.0. The minimum atomic E-state index is -0.530. The van der Waals surface area contributed by atoms with Crippen molar-refractivity contribution in [2.75, 3.05) is 6.61 Å². The maximum atomic E-state index is 12.9. The molecule has 0 saturated carbocycles. The van der Waals surface area contributed by atoms with Gasteiger partial charge in [-0.3, -0.25) is 25.8 Å². The summed E-state index contributed by atoms with van der Waals surface area (Å²) in [4.78, 5) is 25.0. The quantitative estimate of drug-likeness (QED) is 0.411. The van der Waals surface area contributed by atoms with E-state index < -0.39 is 11.8 Å². The number of hydrogen-bond donors (Lipinski definition) is 3. The Hall–Kier alpha value is -3.71. The SMILES string of the molecule is Cc1cccc(OCC(=O)NC(=S)NNC(=O)C(c2ccccc2)c2ccccc2)c1. The fourth-order valence-electron chi connectivity index (χ4n) is 3.02. The summed E-state index contributed by atoms with van der Waals surface area (Å²) < 4.78 is 5.44. The van der Waals surface area contributed by atoms with Crippen molar-refractivity contribution < 1.29 is 14.3 Å². The van der Waals surface area contributed by atoms with Gasteiger partial charge >= 0.3 is 0 Å². The van der Waals surface area contributed by atoms with E-state index in [9.17, 15) is 9.59 Å². The normalized spacial score (nSPS) is 10.3. The van der Waals surface area contributed by atoms with E-state index in [0.29, 0.717) is 5.75 Å². The maximum absolute atomic E-state index is 12.9.